The van der Waals surface area contributed by atoms with Crippen molar-refractivity contribution in [3.63, 3.8) is 0 Å². The summed E-state index contributed by atoms with van der Waals surface area (Å²) in [6.07, 6.45) is 14.8. The normalized spacial score (nSPS) is 48.4. The molecule has 0 spiro atoms. The number of hydrogen-bond donors (Lipinski definition) is 0. The average Bonchev–Trinajstić information content (AvgIpc) is 3.23. The van der Waals surface area contributed by atoms with Crippen LogP contribution in [0.4, 0.5) is 0 Å². The summed E-state index contributed by atoms with van der Waals surface area (Å²) >= 11 is 0. The van der Waals surface area contributed by atoms with Gasteiger partial charge in [0, 0.05) is 0 Å². The van der Waals surface area contributed by atoms with Crippen molar-refractivity contribution in [2.75, 3.05) is 0 Å². The highest BCUT2D eigenvalue weighted by atomic mass is 16.6. The molecule has 234 valence electrons. The lowest BCUT2D eigenvalue weighted by atomic mass is 9.54. The van der Waals surface area contributed by atoms with Crippen LogP contribution in [0.5, 0.6) is 0 Å². The van der Waals surface area contributed by atoms with Gasteiger partial charge in [-0.15, -0.1) is 0 Å². The van der Waals surface area contributed by atoms with Gasteiger partial charge in [0.15, 0.2) is 5.41 Å². The van der Waals surface area contributed by atoms with E-state index in [9.17, 15) is 14.4 Å². The molecule has 9 saturated carbocycles. The topological polar surface area (TPSA) is 78.9 Å². The highest BCUT2D eigenvalue weighted by Gasteiger charge is 2.68. The molecular weight excluding hydrogens is 528 g/mol. The molecule has 9 fully saturated rings. The lowest BCUT2D eigenvalue weighted by molar-refractivity contribution is -0.213. The first kappa shape index (κ1) is 29.1. The maximum atomic E-state index is 14.8. The zero-order valence-corrected chi connectivity index (χ0v) is 26.8. The molecule has 0 aliphatic heterocycles. The predicted octanol–water partition coefficient (Wildman–Crippen LogP) is 7.55. The van der Waals surface area contributed by atoms with E-state index in [-0.39, 0.29) is 18.3 Å². The summed E-state index contributed by atoms with van der Waals surface area (Å²) in [5.74, 6) is 2.52. The largest absolute Gasteiger partial charge is 0.460 e. The summed E-state index contributed by atoms with van der Waals surface area (Å²) in [4.78, 5) is 43.6. The molecule has 2 atom stereocenters. The molecule has 6 nitrogen and oxygen atoms in total. The predicted molar refractivity (Wildman–Crippen MR) is 158 cm³/mol. The fourth-order valence-electron chi connectivity index (χ4n) is 12.4. The first-order valence-corrected chi connectivity index (χ1v) is 17.5. The summed E-state index contributed by atoms with van der Waals surface area (Å²) < 4.78 is 19.4. The van der Waals surface area contributed by atoms with Crippen LogP contribution in [0.25, 0.3) is 0 Å². The van der Waals surface area contributed by atoms with E-state index in [1.165, 1.54) is 38.5 Å². The molecule has 0 amide bonds. The van der Waals surface area contributed by atoms with Gasteiger partial charge in [-0.25, -0.2) is 0 Å². The van der Waals surface area contributed by atoms with Crippen molar-refractivity contribution in [3.8, 4) is 0 Å². The van der Waals surface area contributed by atoms with E-state index in [0.717, 1.165) is 38.5 Å². The third-order valence-corrected chi connectivity index (χ3v) is 13.3. The highest BCUT2D eigenvalue weighted by Crippen LogP contribution is 2.63. The number of ether oxygens (including phenoxy) is 3. The molecule has 0 aromatic rings. The minimum atomic E-state index is -1.46. The molecule has 0 N–H and O–H groups in total. The number of esters is 3. The van der Waals surface area contributed by atoms with Crippen LogP contribution < -0.4 is 0 Å². The van der Waals surface area contributed by atoms with E-state index < -0.39 is 39.6 Å². The molecule has 0 saturated heterocycles. The lowest BCUT2D eigenvalue weighted by Crippen LogP contribution is -2.57. The van der Waals surface area contributed by atoms with E-state index in [2.05, 4.69) is 6.92 Å². The molecule has 9 aliphatic rings. The van der Waals surface area contributed by atoms with Crippen LogP contribution in [0.15, 0.2) is 0 Å². The molecule has 0 radical (unpaired) electrons. The molecular formula is C36H54O6. The van der Waals surface area contributed by atoms with Crippen LogP contribution in [0.3, 0.4) is 0 Å². The Balaban J connectivity index is 1.23. The Kier molecular flexibility index (Phi) is 6.73. The van der Waals surface area contributed by atoms with E-state index in [0.29, 0.717) is 54.8 Å². The number of hydrogen-bond acceptors (Lipinski definition) is 6. The molecule has 0 aromatic heterocycles. The molecule has 0 aromatic carbocycles. The third kappa shape index (κ3) is 4.66. The van der Waals surface area contributed by atoms with Crippen molar-refractivity contribution in [2.24, 2.45) is 52.3 Å². The number of carbonyl (C=O) groups excluding carboxylic acids is 3. The second-order valence-corrected chi connectivity index (χ2v) is 17.6. The van der Waals surface area contributed by atoms with Crippen molar-refractivity contribution in [1.82, 2.24) is 0 Å². The van der Waals surface area contributed by atoms with Crippen molar-refractivity contribution in [3.05, 3.63) is 0 Å². The van der Waals surface area contributed by atoms with Gasteiger partial charge in [0.25, 0.3) is 0 Å². The van der Waals surface area contributed by atoms with Crippen LogP contribution in [-0.4, -0.2) is 34.7 Å². The van der Waals surface area contributed by atoms with E-state index in [4.69, 9.17) is 14.2 Å². The molecule has 2 unspecified atom stereocenters. The second kappa shape index (κ2) is 9.70. The zero-order valence-electron chi connectivity index (χ0n) is 26.8. The maximum Gasteiger partial charge on any atom is 0.324 e. The monoisotopic (exact) mass is 582 g/mol. The summed E-state index contributed by atoms with van der Waals surface area (Å²) in [6.45, 7) is 9.75. The summed E-state index contributed by atoms with van der Waals surface area (Å²) in [7, 11) is 0. The van der Waals surface area contributed by atoms with Crippen LogP contribution >= 0.6 is 0 Å². The number of rotatable bonds is 7. The minimum absolute atomic E-state index is 0.139. The SMILES string of the molecule is CCC1CC(C(=O)OC23CC4CC(CC(C4)C2)C3)(C(=O)OC23CC4CC(CC(C4)C2)C3)CC1(CC)C(=O)OC(C)(C)C. The van der Waals surface area contributed by atoms with Gasteiger partial charge < -0.3 is 14.2 Å². The zero-order chi connectivity index (χ0) is 29.7. The highest BCUT2D eigenvalue weighted by molar-refractivity contribution is 6.02. The molecule has 6 heteroatoms. The average molecular weight is 583 g/mol. The first-order valence-electron chi connectivity index (χ1n) is 17.5. The summed E-state index contributed by atoms with van der Waals surface area (Å²) in [5, 5.41) is 0. The molecule has 9 rings (SSSR count). The van der Waals surface area contributed by atoms with Crippen LogP contribution in [-0.2, 0) is 28.6 Å². The third-order valence-electron chi connectivity index (χ3n) is 13.3. The molecule has 42 heavy (non-hydrogen) atoms. The van der Waals surface area contributed by atoms with Gasteiger partial charge in [-0.1, -0.05) is 20.3 Å². The fraction of sp³-hybridized carbons (Fsp3) is 0.917. The Morgan fingerprint density at radius 1 is 0.619 bits per heavy atom. The van der Waals surface area contributed by atoms with Gasteiger partial charge >= 0.3 is 17.9 Å². The Morgan fingerprint density at radius 3 is 1.31 bits per heavy atom. The maximum absolute atomic E-state index is 14.8. The van der Waals surface area contributed by atoms with Crippen LogP contribution in [0.1, 0.15) is 137 Å². The smallest absolute Gasteiger partial charge is 0.324 e. The van der Waals surface area contributed by atoms with Crippen LogP contribution in [0.2, 0.25) is 0 Å². The van der Waals surface area contributed by atoms with Gasteiger partial charge in [0.1, 0.15) is 16.8 Å². The van der Waals surface area contributed by atoms with Crippen molar-refractivity contribution < 1.29 is 28.6 Å². The molecule has 9 aliphatic carbocycles. The summed E-state index contributed by atoms with van der Waals surface area (Å²) in [6, 6.07) is 0. The number of carbonyl (C=O) groups is 3. The van der Waals surface area contributed by atoms with Crippen molar-refractivity contribution >= 4 is 17.9 Å². The Hall–Kier alpha value is -1.59. The molecule has 8 bridgehead atoms. The molecule has 0 heterocycles. The van der Waals surface area contributed by atoms with Crippen molar-refractivity contribution in [1.29, 1.82) is 0 Å². The Labute approximate surface area is 252 Å². The Bertz CT molecular complexity index is 1000. The quantitative estimate of drug-likeness (QED) is 0.175. The van der Waals surface area contributed by atoms with E-state index in [1.54, 1.807) is 0 Å². The van der Waals surface area contributed by atoms with Gasteiger partial charge in [0.05, 0.1) is 5.41 Å². The fourth-order valence-corrected chi connectivity index (χ4v) is 12.4. The Morgan fingerprint density at radius 2 is 1.00 bits per heavy atom. The van der Waals surface area contributed by atoms with Gasteiger partial charge in [-0.3, -0.25) is 14.4 Å². The van der Waals surface area contributed by atoms with Gasteiger partial charge in [-0.2, -0.15) is 0 Å². The van der Waals surface area contributed by atoms with Gasteiger partial charge in [-0.05, 0) is 159 Å². The second-order valence-electron chi connectivity index (χ2n) is 17.6. The van der Waals surface area contributed by atoms with Crippen molar-refractivity contribution in [2.45, 2.75) is 154 Å². The standard InChI is InChI=1S/C36H54O6/c1-6-28-20-36(21-35(28,7-2)29(37)40-32(3,4)5,30(38)41-33-14-22-8-23(15-33)10-24(9-22)16-33)31(39)42-34-17-25-11-26(18-34)13-27(12-25)19-34/h22-28H,6-21H2,1-5H3. The van der Waals surface area contributed by atoms with Gasteiger partial charge in [0.2, 0.25) is 0 Å². The first-order chi connectivity index (χ1) is 19.8. The van der Waals surface area contributed by atoms with E-state index in [1.807, 2.05) is 27.7 Å². The van der Waals surface area contributed by atoms with E-state index >= 15 is 0 Å². The van der Waals surface area contributed by atoms with Crippen LogP contribution in [0, 0.1) is 52.3 Å². The summed E-state index contributed by atoms with van der Waals surface area (Å²) in [5.41, 5.74) is -3.93. The minimum Gasteiger partial charge on any atom is -0.460 e. The lowest BCUT2D eigenvalue weighted by Gasteiger charge is -2.57.